The van der Waals surface area contributed by atoms with Gasteiger partial charge in [-0.05, 0) is 47.0 Å². The van der Waals surface area contributed by atoms with Crippen LogP contribution in [-0.4, -0.2) is 4.98 Å². The third-order valence-electron chi connectivity index (χ3n) is 2.60. The fourth-order valence-electron chi connectivity index (χ4n) is 1.82. The van der Waals surface area contributed by atoms with Gasteiger partial charge in [0.25, 0.3) is 0 Å². The number of nitrogens with one attached hydrogen (secondary N) is 1. The Hall–Kier alpha value is -1.17. The third kappa shape index (κ3) is 2.41. The fourth-order valence-corrected chi connectivity index (χ4v) is 2.25. The molecule has 3 N–H and O–H groups in total. The summed E-state index contributed by atoms with van der Waals surface area (Å²) >= 11 is 3.43. The van der Waals surface area contributed by atoms with E-state index < -0.39 is 0 Å². The van der Waals surface area contributed by atoms with Crippen LogP contribution in [-0.2, 0) is 0 Å². The summed E-state index contributed by atoms with van der Waals surface area (Å²) in [4.78, 5) is 4.42. The molecule has 0 amide bonds. The average Bonchev–Trinajstić information content (AvgIpc) is 2.69. The normalized spacial score (nSPS) is 12.7. The number of nitrogens with two attached hydrogens (primary N) is 1. The number of furan rings is 1. The molecule has 0 aliphatic carbocycles. The van der Waals surface area contributed by atoms with Gasteiger partial charge in [0, 0.05) is 6.20 Å². The summed E-state index contributed by atoms with van der Waals surface area (Å²) in [7, 11) is 0. The van der Waals surface area contributed by atoms with Gasteiger partial charge in [0.1, 0.15) is 11.8 Å². The number of hydrogen-bond donors (Lipinski definition) is 2. The van der Waals surface area contributed by atoms with Gasteiger partial charge in [-0.25, -0.2) is 5.43 Å². The van der Waals surface area contributed by atoms with Crippen LogP contribution in [0.25, 0.3) is 0 Å². The van der Waals surface area contributed by atoms with E-state index in [0.717, 1.165) is 27.1 Å². The SMILES string of the molecule is Cc1cnc(C(NN)c2occc2Br)c(C)c1. The number of hydrazine groups is 1. The first-order valence-corrected chi connectivity index (χ1v) is 6.05. The maximum atomic E-state index is 5.60. The summed E-state index contributed by atoms with van der Waals surface area (Å²) < 4.78 is 6.30. The van der Waals surface area contributed by atoms with Crippen LogP contribution in [0.3, 0.4) is 0 Å². The summed E-state index contributed by atoms with van der Waals surface area (Å²) in [5.74, 6) is 6.33. The molecule has 0 aliphatic heterocycles. The van der Waals surface area contributed by atoms with Crippen LogP contribution in [0.15, 0.2) is 33.5 Å². The molecule has 4 nitrogen and oxygen atoms in total. The molecule has 2 aromatic heterocycles. The van der Waals surface area contributed by atoms with E-state index in [1.807, 2.05) is 26.1 Å². The molecule has 0 bridgehead atoms. The Labute approximate surface area is 108 Å². The Morgan fingerprint density at radius 3 is 2.76 bits per heavy atom. The maximum absolute atomic E-state index is 5.60. The zero-order chi connectivity index (χ0) is 12.4. The van der Waals surface area contributed by atoms with Gasteiger partial charge < -0.3 is 4.42 Å². The molecule has 1 unspecified atom stereocenters. The second-order valence-electron chi connectivity index (χ2n) is 3.95. The van der Waals surface area contributed by atoms with Crippen molar-refractivity contribution in [3.63, 3.8) is 0 Å². The number of halogens is 1. The highest BCUT2D eigenvalue weighted by atomic mass is 79.9. The van der Waals surface area contributed by atoms with Gasteiger partial charge in [-0.3, -0.25) is 10.8 Å². The van der Waals surface area contributed by atoms with Crippen LogP contribution in [0.4, 0.5) is 0 Å². The Balaban J connectivity index is 2.46. The number of nitrogens with zero attached hydrogens (tertiary/aromatic N) is 1. The van der Waals surface area contributed by atoms with Crippen molar-refractivity contribution < 1.29 is 4.42 Å². The minimum absolute atomic E-state index is 0.250. The first-order chi connectivity index (χ1) is 8.13. The highest BCUT2D eigenvalue weighted by molar-refractivity contribution is 9.10. The van der Waals surface area contributed by atoms with Gasteiger partial charge in [-0.2, -0.15) is 0 Å². The molecular weight excluding hydrogens is 282 g/mol. The lowest BCUT2D eigenvalue weighted by Gasteiger charge is -2.16. The molecule has 0 aliphatic rings. The molecule has 0 saturated heterocycles. The van der Waals surface area contributed by atoms with Gasteiger partial charge in [-0.1, -0.05) is 6.07 Å². The van der Waals surface area contributed by atoms with Gasteiger partial charge >= 0.3 is 0 Å². The fraction of sp³-hybridized carbons (Fsp3) is 0.250. The molecule has 1 atom stereocenters. The van der Waals surface area contributed by atoms with Crippen LogP contribution in [0.1, 0.15) is 28.6 Å². The van der Waals surface area contributed by atoms with Crippen molar-refractivity contribution >= 4 is 15.9 Å². The Morgan fingerprint density at radius 2 is 2.24 bits per heavy atom. The van der Waals surface area contributed by atoms with E-state index in [1.165, 1.54) is 0 Å². The van der Waals surface area contributed by atoms with Crippen LogP contribution in [0.5, 0.6) is 0 Å². The van der Waals surface area contributed by atoms with Crippen LogP contribution < -0.4 is 11.3 Å². The van der Waals surface area contributed by atoms with Crippen molar-refractivity contribution in [3.05, 3.63) is 51.6 Å². The molecule has 0 saturated carbocycles. The summed E-state index contributed by atoms with van der Waals surface area (Å²) in [6.45, 7) is 4.02. The second kappa shape index (κ2) is 5.00. The number of pyridine rings is 1. The quantitative estimate of drug-likeness (QED) is 0.675. The third-order valence-corrected chi connectivity index (χ3v) is 3.26. The molecule has 0 radical (unpaired) electrons. The number of hydrogen-bond acceptors (Lipinski definition) is 4. The first-order valence-electron chi connectivity index (χ1n) is 5.25. The summed E-state index contributed by atoms with van der Waals surface area (Å²) in [6, 6.07) is 3.66. The van der Waals surface area contributed by atoms with Crippen molar-refractivity contribution in [2.24, 2.45) is 5.84 Å². The van der Waals surface area contributed by atoms with Crippen molar-refractivity contribution in [1.82, 2.24) is 10.4 Å². The van der Waals surface area contributed by atoms with E-state index in [1.54, 1.807) is 6.26 Å². The van der Waals surface area contributed by atoms with Gasteiger partial charge in [0.05, 0.1) is 16.4 Å². The van der Waals surface area contributed by atoms with Crippen LogP contribution in [0.2, 0.25) is 0 Å². The average molecular weight is 296 g/mol. The molecule has 2 heterocycles. The Kier molecular flexibility index (Phi) is 3.61. The van der Waals surface area contributed by atoms with Crippen LogP contribution in [0, 0.1) is 13.8 Å². The minimum Gasteiger partial charge on any atom is -0.466 e. The highest BCUT2D eigenvalue weighted by Gasteiger charge is 2.21. The lowest BCUT2D eigenvalue weighted by Crippen LogP contribution is -2.30. The lowest BCUT2D eigenvalue weighted by atomic mass is 10.1. The topological polar surface area (TPSA) is 64.1 Å². The minimum atomic E-state index is -0.250. The van der Waals surface area contributed by atoms with Crippen molar-refractivity contribution in [2.45, 2.75) is 19.9 Å². The van der Waals surface area contributed by atoms with Crippen molar-refractivity contribution in [1.29, 1.82) is 0 Å². The maximum Gasteiger partial charge on any atom is 0.142 e. The van der Waals surface area contributed by atoms with E-state index in [-0.39, 0.29) is 6.04 Å². The molecule has 17 heavy (non-hydrogen) atoms. The van der Waals surface area contributed by atoms with E-state index >= 15 is 0 Å². The smallest absolute Gasteiger partial charge is 0.142 e. The van der Waals surface area contributed by atoms with E-state index in [0.29, 0.717) is 0 Å². The zero-order valence-corrected chi connectivity index (χ0v) is 11.3. The number of aryl methyl sites for hydroxylation is 2. The summed E-state index contributed by atoms with van der Waals surface area (Å²) in [5.41, 5.74) is 5.81. The summed E-state index contributed by atoms with van der Waals surface area (Å²) in [6.07, 6.45) is 3.44. The van der Waals surface area contributed by atoms with Gasteiger partial charge in [0.2, 0.25) is 0 Å². The molecule has 0 spiro atoms. The molecule has 2 aromatic rings. The zero-order valence-electron chi connectivity index (χ0n) is 9.70. The van der Waals surface area contributed by atoms with E-state index in [9.17, 15) is 0 Å². The van der Waals surface area contributed by atoms with E-state index in [2.05, 4.69) is 32.4 Å². The van der Waals surface area contributed by atoms with Crippen LogP contribution >= 0.6 is 15.9 Å². The lowest BCUT2D eigenvalue weighted by molar-refractivity contribution is 0.444. The number of aromatic nitrogens is 1. The van der Waals surface area contributed by atoms with Crippen molar-refractivity contribution in [2.75, 3.05) is 0 Å². The molecular formula is C12H14BrN3O. The molecule has 0 fully saturated rings. The van der Waals surface area contributed by atoms with E-state index in [4.69, 9.17) is 10.3 Å². The highest BCUT2D eigenvalue weighted by Crippen LogP contribution is 2.29. The predicted octanol–water partition coefficient (Wildman–Crippen LogP) is 2.61. The predicted molar refractivity (Wildman–Crippen MR) is 69.3 cm³/mol. The Morgan fingerprint density at radius 1 is 1.47 bits per heavy atom. The largest absolute Gasteiger partial charge is 0.466 e. The first kappa shape index (κ1) is 12.3. The number of rotatable bonds is 3. The molecule has 2 rings (SSSR count). The van der Waals surface area contributed by atoms with Gasteiger partial charge in [-0.15, -0.1) is 0 Å². The molecule has 5 heteroatoms. The second-order valence-corrected chi connectivity index (χ2v) is 4.80. The van der Waals surface area contributed by atoms with Crippen molar-refractivity contribution in [3.8, 4) is 0 Å². The monoisotopic (exact) mass is 295 g/mol. The Bertz CT molecular complexity index is 524. The van der Waals surface area contributed by atoms with Gasteiger partial charge in [0.15, 0.2) is 0 Å². The standard InChI is InChI=1S/C12H14BrN3O/c1-7-5-8(2)10(15-6-7)11(16-14)12-9(13)3-4-17-12/h3-6,11,16H,14H2,1-2H3. The summed E-state index contributed by atoms with van der Waals surface area (Å²) in [5, 5.41) is 0. The molecule has 0 aromatic carbocycles. The molecule has 90 valence electrons.